The highest BCUT2D eigenvalue weighted by Gasteiger charge is 2.17. The number of rotatable bonds is 3. The van der Waals surface area contributed by atoms with Gasteiger partial charge in [-0.05, 0) is 39.8 Å². The summed E-state index contributed by atoms with van der Waals surface area (Å²) in [5.74, 6) is 0.451. The van der Waals surface area contributed by atoms with E-state index in [1.54, 1.807) is 6.07 Å². The van der Waals surface area contributed by atoms with E-state index in [4.69, 9.17) is 0 Å². The number of fused-ring (bicyclic) bond motifs is 1. The van der Waals surface area contributed by atoms with Gasteiger partial charge in [-0.15, -0.1) is 0 Å². The van der Waals surface area contributed by atoms with Crippen molar-refractivity contribution < 1.29 is 4.39 Å². The Labute approximate surface area is 117 Å². The summed E-state index contributed by atoms with van der Waals surface area (Å²) >= 11 is 1.28. The van der Waals surface area contributed by atoms with Gasteiger partial charge in [0.25, 0.3) is 0 Å². The second kappa shape index (κ2) is 5.69. The van der Waals surface area contributed by atoms with Gasteiger partial charge in [-0.25, -0.2) is 4.39 Å². The maximum Gasteiger partial charge on any atom is 0.208 e. The molecule has 1 aliphatic heterocycles. The minimum Gasteiger partial charge on any atom is -0.380 e. The highest BCUT2D eigenvalue weighted by molar-refractivity contribution is 7.98. The van der Waals surface area contributed by atoms with Crippen molar-refractivity contribution in [2.75, 3.05) is 10.6 Å². The molecule has 0 fully saturated rings. The Morgan fingerprint density at radius 3 is 2.47 bits per heavy atom. The Morgan fingerprint density at radius 2 is 1.84 bits per heavy atom. The molecule has 1 aliphatic rings. The zero-order valence-corrected chi connectivity index (χ0v) is 12.4. The number of halogens is 1. The highest BCUT2D eigenvalue weighted by Crippen LogP contribution is 2.35. The predicted octanol–water partition coefficient (Wildman–Crippen LogP) is 3.43. The van der Waals surface area contributed by atoms with E-state index < -0.39 is 0 Å². The monoisotopic (exact) mass is 282 g/mol. The molecule has 1 heterocycles. The third-order valence-corrected chi connectivity index (χ3v) is 3.24. The molecule has 0 bridgehead atoms. The molecule has 0 spiro atoms. The van der Waals surface area contributed by atoms with Crippen molar-refractivity contribution in [2.24, 2.45) is 4.40 Å². The number of benzene rings is 1. The number of hydrogen-bond donors (Lipinski definition) is 3. The lowest BCUT2D eigenvalue weighted by Gasteiger charge is -2.21. The van der Waals surface area contributed by atoms with E-state index >= 15 is 0 Å². The average Bonchev–Trinajstić information content (AvgIpc) is 2.29. The van der Waals surface area contributed by atoms with E-state index in [2.05, 4.69) is 20.3 Å². The Balaban J connectivity index is 2.21. The fourth-order valence-corrected chi connectivity index (χ4v) is 2.38. The van der Waals surface area contributed by atoms with E-state index in [1.165, 1.54) is 18.0 Å². The molecule has 0 saturated carbocycles. The molecule has 104 valence electrons. The molecule has 0 saturated heterocycles. The van der Waals surface area contributed by atoms with Gasteiger partial charge < -0.3 is 16.0 Å². The third kappa shape index (κ3) is 3.53. The Hall–Kier alpha value is -1.43. The number of anilines is 2. The largest absolute Gasteiger partial charge is 0.380 e. The molecule has 0 unspecified atom stereocenters. The summed E-state index contributed by atoms with van der Waals surface area (Å²) in [5, 5.41) is 9.48. The maximum absolute atomic E-state index is 13.9. The van der Waals surface area contributed by atoms with Crippen molar-refractivity contribution in [3.05, 3.63) is 17.9 Å². The quantitative estimate of drug-likeness (QED) is 0.743. The van der Waals surface area contributed by atoms with Crippen molar-refractivity contribution >= 4 is 29.3 Å². The third-order valence-electron chi connectivity index (χ3n) is 2.43. The first-order valence-corrected chi connectivity index (χ1v) is 7.11. The van der Waals surface area contributed by atoms with Crippen LogP contribution < -0.4 is 16.0 Å². The van der Waals surface area contributed by atoms with E-state index in [-0.39, 0.29) is 11.9 Å². The predicted molar refractivity (Wildman–Crippen MR) is 80.3 cm³/mol. The number of guanidine groups is 1. The van der Waals surface area contributed by atoms with Gasteiger partial charge in [0.1, 0.15) is 5.82 Å². The SMILES string of the molecule is CC(C)NC1=NSc2cc(F)c(NC(C)C)cc2N1. The molecule has 0 aromatic heterocycles. The number of nitrogens with one attached hydrogen (secondary N) is 3. The van der Waals surface area contributed by atoms with Crippen molar-refractivity contribution in [2.45, 2.75) is 44.7 Å². The van der Waals surface area contributed by atoms with Crippen LogP contribution in [0.25, 0.3) is 0 Å². The van der Waals surface area contributed by atoms with Crippen LogP contribution in [0.15, 0.2) is 21.4 Å². The molecular weight excluding hydrogens is 263 g/mol. The summed E-state index contributed by atoms with van der Waals surface area (Å²) in [6, 6.07) is 3.77. The summed E-state index contributed by atoms with van der Waals surface area (Å²) in [4.78, 5) is 0.793. The van der Waals surface area contributed by atoms with Crippen LogP contribution in [-0.2, 0) is 0 Å². The molecule has 1 aromatic rings. The molecule has 2 rings (SSSR count). The zero-order chi connectivity index (χ0) is 14.0. The van der Waals surface area contributed by atoms with Gasteiger partial charge in [-0.3, -0.25) is 0 Å². The molecule has 4 nitrogen and oxygen atoms in total. The molecule has 0 amide bonds. The van der Waals surface area contributed by atoms with Gasteiger partial charge in [0, 0.05) is 24.0 Å². The molecule has 0 aliphatic carbocycles. The van der Waals surface area contributed by atoms with Gasteiger partial charge in [-0.1, -0.05) is 0 Å². The maximum atomic E-state index is 13.9. The van der Waals surface area contributed by atoms with Crippen LogP contribution in [0.1, 0.15) is 27.7 Å². The number of nitrogens with zero attached hydrogens (tertiary/aromatic N) is 1. The molecule has 19 heavy (non-hydrogen) atoms. The summed E-state index contributed by atoms with van der Waals surface area (Å²) in [5.41, 5.74) is 1.38. The van der Waals surface area contributed by atoms with Gasteiger partial charge in [0.15, 0.2) is 0 Å². The van der Waals surface area contributed by atoms with Gasteiger partial charge in [-0.2, -0.15) is 4.40 Å². The second-order valence-electron chi connectivity index (χ2n) is 5.08. The van der Waals surface area contributed by atoms with Crippen molar-refractivity contribution in [1.82, 2.24) is 5.32 Å². The Morgan fingerprint density at radius 1 is 1.16 bits per heavy atom. The molecule has 0 radical (unpaired) electrons. The van der Waals surface area contributed by atoms with Crippen molar-refractivity contribution in [3.63, 3.8) is 0 Å². The lowest BCUT2D eigenvalue weighted by molar-refractivity contribution is 0.624. The number of hydrogen-bond acceptors (Lipinski definition) is 5. The fraction of sp³-hybridized carbons (Fsp3) is 0.462. The minimum atomic E-state index is -0.253. The van der Waals surface area contributed by atoms with Crippen LogP contribution in [0, 0.1) is 5.82 Å². The van der Waals surface area contributed by atoms with Crippen LogP contribution in [0.5, 0.6) is 0 Å². The molecule has 0 atom stereocenters. The average molecular weight is 282 g/mol. The van der Waals surface area contributed by atoms with Gasteiger partial charge in [0.2, 0.25) is 5.96 Å². The van der Waals surface area contributed by atoms with E-state index in [9.17, 15) is 4.39 Å². The van der Waals surface area contributed by atoms with Crippen LogP contribution in [-0.4, -0.2) is 18.0 Å². The molecule has 3 N–H and O–H groups in total. The fourth-order valence-electron chi connectivity index (χ4n) is 1.73. The van der Waals surface area contributed by atoms with E-state index in [0.29, 0.717) is 17.7 Å². The van der Waals surface area contributed by atoms with Crippen molar-refractivity contribution in [1.29, 1.82) is 0 Å². The first-order chi connectivity index (χ1) is 8.95. The molecular formula is C13H19FN4S. The topological polar surface area (TPSA) is 48.5 Å². The van der Waals surface area contributed by atoms with Crippen LogP contribution >= 0.6 is 11.9 Å². The Bertz CT molecular complexity index is 500. The normalized spacial score (nSPS) is 13.9. The minimum absolute atomic E-state index is 0.186. The zero-order valence-electron chi connectivity index (χ0n) is 11.5. The van der Waals surface area contributed by atoms with Crippen LogP contribution in [0.2, 0.25) is 0 Å². The lowest BCUT2D eigenvalue weighted by atomic mass is 10.2. The lowest BCUT2D eigenvalue weighted by Crippen LogP contribution is -2.36. The van der Waals surface area contributed by atoms with Crippen LogP contribution in [0.3, 0.4) is 0 Å². The highest BCUT2D eigenvalue weighted by atomic mass is 32.2. The van der Waals surface area contributed by atoms with Gasteiger partial charge in [0.05, 0.1) is 16.3 Å². The van der Waals surface area contributed by atoms with E-state index in [1.807, 2.05) is 27.7 Å². The van der Waals surface area contributed by atoms with Crippen LogP contribution in [0.4, 0.5) is 15.8 Å². The first-order valence-electron chi connectivity index (χ1n) is 6.34. The Kier molecular flexibility index (Phi) is 4.19. The van der Waals surface area contributed by atoms with Gasteiger partial charge >= 0.3 is 0 Å². The summed E-state index contributed by atoms with van der Waals surface area (Å²) in [6.07, 6.45) is 0. The summed E-state index contributed by atoms with van der Waals surface area (Å²) in [7, 11) is 0. The smallest absolute Gasteiger partial charge is 0.208 e. The standard InChI is InChI=1S/C13H19FN4S/c1-7(2)15-10-6-11-12(5-9(10)14)19-18-13(17-11)16-8(3)4/h5-8,15H,1-4H3,(H2,16,17,18). The summed E-state index contributed by atoms with van der Waals surface area (Å²) < 4.78 is 18.1. The molecule has 1 aromatic carbocycles. The van der Waals surface area contributed by atoms with E-state index in [0.717, 1.165) is 10.6 Å². The summed E-state index contributed by atoms with van der Waals surface area (Å²) in [6.45, 7) is 8.05. The first kappa shape index (κ1) is 14.0. The second-order valence-corrected chi connectivity index (χ2v) is 5.89. The van der Waals surface area contributed by atoms with Crippen molar-refractivity contribution in [3.8, 4) is 0 Å². The molecule has 6 heteroatoms.